The Hall–Kier alpha value is -2.19. The highest BCUT2D eigenvalue weighted by atomic mass is 16.6. The Morgan fingerprint density at radius 2 is 2.03 bits per heavy atom. The molecule has 3 rings (SSSR count). The Morgan fingerprint density at radius 3 is 2.59 bits per heavy atom. The van der Waals surface area contributed by atoms with Gasteiger partial charge in [0.15, 0.2) is 0 Å². The SMILES string of the molecule is C=CCCOC(=O)[C@@H]1[C@H]2C(=O)N([C@@H](CO)[C@@H](C)CC)C(C(=O)N(CC=C)CCCC)C23CC(C)[C@@]1(C)O3. The van der Waals surface area contributed by atoms with Gasteiger partial charge in [0.25, 0.3) is 0 Å². The zero-order valence-electron chi connectivity index (χ0n) is 23.3. The number of nitrogens with zero attached hydrogens (tertiary/aromatic N) is 2. The van der Waals surface area contributed by atoms with Gasteiger partial charge in [0.05, 0.1) is 30.8 Å². The van der Waals surface area contributed by atoms with Crippen molar-refractivity contribution >= 4 is 17.8 Å². The van der Waals surface area contributed by atoms with Crippen molar-refractivity contribution in [3.8, 4) is 0 Å². The number of hydrogen-bond acceptors (Lipinski definition) is 6. The van der Waals surface area contributed by atoms with Crippen LogP contribution in [0.5, 0.6) is 0 Å². The van der Waals surface area contributed by atoms with Crippen LogP contribution in [0.25, 0.3) is 0 Å². The lowest BCUT2D eigenvalue weighted by Gasteiger charge is -2.41. The number of carbonyl (C=O) groups excluding carboxylic acids is 3. The van der Waals surface area contributed by atoms with Crippen LogP contribution >= 0.6 is 0 Å². The van der Waals surface area contributed by atoms with Gasteiger partial charge in [-0.2, -0.15) is 0 Å². The molecule has 2 amide bonds. The third-order valence-electron chi connectivity index (χ3n) is 9.09. The smallest absolute Gasteiger partial charge is 0.312 e. The van der Waals surface area contributed by atoms with Gasteiger partial charge in [0, 0.05) is 13.1 Å². The highest BCUT2D eigenvalue weighted by Crippen LogP contribution is 2.65. The minimum atomic E-state index is -1.16. The number of likely N-dealkylation sites (tertiary alicyclic amines) is 1. The Morgan fingerprint density at radius 1 is 1.32 bits per heavy atom. The van der Waals surface area contributed by atoms with Crippen molar-refractivity contribution in [2.75, 3.05) is 26.3 Å². The average molecular weight is 519 g/mol. The molecule has 208 valence electrons. The molecule has 3 saturated heterocycles. The van der Waals surface area contributed by atoms with Crippen molar-refractivity contribution in [3.05, 3.63) is 25.3 Å². The minimum absolute atomic E-state index is 0.0498. The Balaban J connectivity index is 2.14. The van der Waals surface area contributed by atoms with E-state index in [1.807, 2.05) is 27.7 Å². The molecule has 8 nitrogen and oxygen atoms in total. The second kappa shape index (κ2) is 11.7. The van der Waals surface area contributed by atoms with Crippen LogP contribution in [0.15, 0.2) is 25.3 Å². The van der Waals surface area contributed by atoms with Gasteiger partial charge < -0.3 is 24.4 Å². The van der Waals surface area contributed by atoms with E-state index in [2.05, 4.69) is 20.1 Å². The topological polar surface area (TPSA) is 96.4 Å². The second-order valence-corrected chi connectivity index (χ2v) is 11.3. The molecule has 3 unspecified atom stereocenters. The zero-order valence-corrected chi connectivity index (χ0v) is 23.3. The predicted octanol–water partition coefficient (Wildman–Crippen LogP) is 3.34. The maximum absolute atomic E-state index is 14.3. The van der Waals surface area contributed by atoms with Crippen molar-refractivity contribution in [2.24, 2.45) is 23.7 Å². The first-order valence-corrected chi connectivity index (χ1v) is 13.9. The average Bonchev–Trinajstić information content (AvgIpc) is 3.38. The summed E-state index contributed by atoms with van der Waals surface area (Å²) in [6, 6.07) is -1.49. The number of fused-ring (bicyclic) bond motifs is 1. The van der Waals surface area contributed by atoms with E-state index in [1.54, 1.807) is 22.0 Å². The standard InChI is InChI=1S/C29H46N2O6/c1-8-12-15-30(14-10-3)26(34)24-29-17-20(6)28(7,37-29)23(27(35)36-16-13-9-2)22(29)25(33)31(24)21(18-32)19(5)11-4/h9-10,19-24,32H,2-3,8,11-18H2,1,4-7H3/t19-,20?,21-,22-,23-,24?,28+,29?/m0/s1. The fourth-order valence-corrected chi connectivity index (χ4v) is 6.79. The molecule has 3 aliphatic rings. The Bertz CT molecular complexity index is 892. The van der Waals surface area contributed by atoms with E-state index >= 15 is 0 Å². The van der Waals surface area contributed by atoms with E-state index in [1.165, 1.54) is 0 Å². The van der Waals surface area contributed by atoms with Gasteiger partial charge in [0.1, 0.15) is 17.6 Å². The lowest BCUT2D eigenvalue weighted by Crippen LogP contribution is -2.60. The van der Waals surface area contributed by atoms with E-state index in [4.69, 9.17) is 9.47 Å². The minimum Gasteiger partial charge on any atom is -0.465 e. The van der Waals surface area contributed by atoms with E-state index < -0.39 is 41.1 Å². The van der Waals surface area contributed by atoms with Crippen LogP contribution in [0.4, 0.5) is 0 Å². The quantitative estimate of drug-likeness (QED) is 0.215. The van der Waals surface area contributed by atoms with E-state index in [0.717, 1.165) is 19.3 Å². The van der Waals surface area contributed by atoms with Crippen molar-refractivity contribution in [2.45, 2.75) is 90.0 Å². The number of amides is 2. The first-order valence-electron chi connectivity index (χ1n) is 13.9. The molecule has 8 heteroatoms. The van der Waals surface area contributed by atoms with Crippen LogP contribution in [0, 0.1) is 23.7 Å². The molecule has 0 aromatic rings. The molecule has 3 heterocycles. The van der Waals surface area contributed by atoms with Crippen LogP contribution in [0.3, 0.4) is 0 Å². The van der Waals surface area contributed by atoms with Crippen LogP contribution < -0.4 is 0 Å². The largest absolute Gasteiger partial charge is 0.465 e. The summed E-state index contributed by atoms with van der Waals surface area (Å²) in [7, 11) is 0. The van der Waals surface area contributed by atoms with Crippen LogP contribution in [0.1, 0.15) is 66.7 Å². The maximum atomic E-state index is 14.3. The number of hydrogen-bond donors (Lipinski definition) is 1. The third kappa shape index (κ3) is 4.76. The Kier molecular flexibility index (Phi) is 9.27. The summed E-state index contributed by atoms with van der Waals surface area (Å²) in [6.07, 6.45) is 6.82. The highest BCUT2D eigenvalue weighted by Gasteiger charge is 2.80. The van der Waals surface area contributed by atoms with Crippen LogP contribution in [-0.2, 0) is 23.9 Å². The summed E-state index contributed by atoms with van der Waals surface area (Å²) >= 11 is 0. The number of aliphatic hydroxyl groups excluding tert-OH is 1. The van der Waals surface area contributed by atoms with Crippen LogP contribution in [0.2, 0.25) is 0 Å². The first-order chi connectivity index (χ1) is 17.6. The third-order valence-corrected chi connectivity index (χ3v) is 9.09. The number of aliphatic hydroxyl groups is 1. The molecular formula is C29H46N2O6. The predicted molar refractivity (Wildman–Crippen MR) is 141 cm³/mol. The summed E-state index contributed by atoms with van der Waals surface area (Å²) in [4.78, 5) is 45.4. The van der Waals surface area contributed by atoms with Crippen molar-refractivity contribution in [3.63, 3.8) is 0 Å². The molecule has 0 radical (unpaired) electrons. The highest BCUT2D eigenvalue weighted by molar-refractivity contribution is 5.98. The van der Waals surface area contributed by atoms with E-state index in [-0.39, 0.29) is 36.9 Å². The number of rotatable bonds is 14. The zero-order chi connectivity index (χ0) is 27.5. The fraction of sp³-hybridized carbons (Fsp3) is 0.759. The lowest BCUT2D eigenvalue weighted by atomic mass is 9.62. The van der Waals surface area contributed by atoms with Gasteiger partial charge in [0.2, 0.25) is 11.8 Å². The Labute approximate surface area is 222 Å². The number of esters is 1. The molecule has 8 atom stereocenters. The maximum Gasteiger partial charge on any atom is 0.312 e. The monoisotopic (exact) mass is 518 g/mol. The number of unbranched alkanes of at least 4 members (excludes halogenated alkanes) is 1. The molecule has 0 aromatic carbocycles. The van der Waals surface area contributed by atoms with Crippen LogP contribution in [-0.4, -0.2) is 82.3 Å². The summed E-state index contributed by atoms with van der Waals surface area (Å²) in [6.45, 7) is 18.2. The number of ether oxygens (including phenoxy) is 2. The molecule has 0 aromatic heterocycles. The van der Waals surface area contributed by atoms with Gasteiger partial charge in [-0.1, -0.05) is 52.7 Å². The fourth-order valence-electron chi connectivity index (χ4n) is 6.79. The summed E-state index contributed by atoms with van der Waals surface area (Å²) in [5.41, 5.74) is -2.08. The van der Waals surface area contributed by atoms with E-state index in [0.29, 0.717) is 25.9 Å². The molecule has 3 fully saturated rings. The van der Waals surface area contributed by atoms with E-state index in [9.17, 15) is 19.5 Å². The summed E-state index contributed by atoms with van der Waals surface area (Å²) in [5.74, 6) is -2.75. The molecule has 0 aliphatic carbocycles. The van der Waals surface area contributed by atoms with Gasteiger partial charge >= 0.3 is 5.97 Å². The molecule has 1 N–H and O–H groups in total. The molecule has 37 heavy (non-hydrogen) atoms. The normalized spacial score (nSPS) is 33.7. The summed E-state index contributed by atoms with van der Waals surface area (Å²) < 4.78 is 12.4. The first kappa shape index (κ1) is 29.4. The van der Waals surface area contributed by atoms with Gasteiger partial charge in [-0.05, 0) is 38.0 Å². The molecular weight excluding hydrogens is 472 g/mol. The lowest BCUT2D eigenvalue weighted by molar-refractivity contribution is -0.164. The molecule has 3 aliphatic heterocycles. The number of carbonyl (C=O) groups is 3. The molecule has 1 spiro atoms. The van der Waals surface area contributed by atoms with Crippen molar-refractivity contribution < 1.29 is 29.0 Å². The van der Waals surface area contributed by atoms with Crippen molar-refractivity contribution in [1.82, 2.24) is 9.80 Å². The second-order valence-electron chi connectivity index (χ2n) is 11.3. The van der Waals surface area contributed by atoms with Gasteiger partial charge in [-0.3, -0.25) is 14.4 Å². The molecule has 0 saturated carbocycles. The molecule has 2 bridgehead atoms. The van der Waals surface area contributed by atoms with Gasteiger partial charge in [-0.25, -0.2) is 0 Å². The van der Waals surface area contributed by atoms with Gasteiger partial charge in [-0.15, -0.1) is 13.2 Å². The summed E-state index contributed by atoms with van der Waals surface area (Å²) in [5, 5.41) is 10.5. The van der Waals surface area contributed by atoms with Crippen molar-refractivity contribution in [1.29, 1.82) is 0 Å².